The molecular weight excluding hydrogens is 348 g/mol. The molecule has 1 heterocycles. The van der Waals surface area contributed by atoms with Crippen molar-refractivity contribution in [1.82, 2.24) is 0 Å². The van der Waals surface area contributed by atoms with Crippen molar-refractivity contribution in [2.24, 2.45) is 22.7 Å². The molecular formula is C25H32O3. The summed E-state index contributed by atoms with van der Waals surface area (Å²) in [5, 5.41) is 12.7. The van der Waals surface area contributed by atoms with Gasteiger partial charge < -0.3 is 14.6 Å². The van der Waals surface area contributed by atoms with E-state index in [0.29, 0.717) is 11.3 Å². The number of phenols is 1. The standard InChI is InChI=1S/C25H32O3/c1-24(2)13-6-14-25(3)18-15-27-23(28-20(18)11-12-21(24)25)22-17-8-5-4-7-16(17)9-10-19(22)26/h4-5,7-10,18,20-21,23,26H,6,11-15H2,1-3H3/t18-,20+,21+,23-,25+/m1/s1. The van der Waals surface area contributed by atoms with Gasteiger partial charge in [0, 0.05) is 5.92 Å². The van der Waals surface area contributed by atoms with E-state index in [1.54, 1.807) is 6.07 Å². The van der Waals surface area contributed by atoms with E-state index >= 15 is 0 Å². The molecule has 1 N–H and O–H groups in total. The lowest BCUT2D eigenvalue weighted by Gasteiger charge is -2.60. The van der Waals surface area contributed by atoms with Crippen molar-refractivity contribution in [3.05, 3.63) is 42.0 Å². The van der Waals surface area contributed by atoms with Gasteiger partial charge in [-0.3, -0.25) is 0 Å². The summed E-state index contributed by atoms with van der Waals surface area (Å²) in [5.74, 6) is 1.45. The minimum absolute atomic E-state index is 0.215. The van der Waals surface area contributed by atoms with Gasteiger partial charge in [-0.25, -0.2) is 0 Å². The Labute approximate surface area is 168 Å². The Morgan fingerprint density at radius 2 is 1.82 bits per heavy atom. The summed E-state index contributed by atoms with van der Waals surface area (Å²) in [7, 11) is 0. The van der Waals surface area contributed by atoms with Crippen LogP contribution in [0.4, 0.5) is 0 Å². The van der Waals surface area contributed by atoms with E-state index in [4.69, 9.17) is 9.47 Å². The number of aromatic hydroxyl groups is 1. The summed E-state index contributed by atoms with van der Waals surface area (Å²) in [5.41, 5.74) is 1.48. The van der Waals surface area contributed by atoms with Gasteiger partial charge in [-0.2, -0.15) is 0 Å². The molecule has 2 saturated carbocycles. The molecule has 3 nitrogen and oxygen atoms in total. The maximum Gasteiger partial charge on any atom is 0.188 e. The van der Waals surface area contributed by atoms with Crippen molar-refractivity contribution in [2.75, 3.05) is 6.61 Å². The van der Waals surface area contributed by atoms with Crippen LogP contribution in [0.3, 0.4) is 0 Å². The SMILES string of the molecule is CC1(C)CCC[C@@]2(C)[C@@H]3CO[C@@H](c4c(O)ccc5ccccc45)O[C@H]3CC[C@@H]12. The molecule has 0 unspecified atom stereocenters. The molecule has 0 radical (unpaired) electrons. The number of hydrogen-bond donors (Lipinski definition) is 1. The Balaban J connectivity index is 1.46. The van der Waals surface area contributed by atoms with Gasteiger partial charge in [-0.05, 0) is 59.3 Å². The van der Waals surface area contributed by atoms with Crippen LogP contribution >= 0.6 is 0 Å². The Kier molecular flexibility index (Phi) is 4.26. The molecule has 1 aliphatic heterocycles. The number of hydrogen-bond acceptors (Lipinski definition) is 3. The van der Waals surface area contributed by atoms with Crippen molar-refractivity contribution in [2.45, 2.75) is 65.3 Å². The summed E-state index contributed by atoms with van der Waals surface area (Å²) < 4.78 is 12.9. The van der Waals surface area contributed by atoms with Crippen LogP contribution < -0.4 is 0 Å². The van der Waals surface area contributed by atoms with Crippen LogP contribution in [0.2, 0.25) is 0 Å². The molecule has 3 aliphatic rings. The maximum atomic E-state index is 10.6. The van der Waals surface area contributed by atoms with Crippen molar-refractivity contribution >= 4 is 10.8 Å². The molecule has 2 aliphatic carbocycles. The fourth-order valence-corrected chi connectivity index (χ4v) is 6.82. The lowest BCUT2D eigenvalue weighted by Crippen LogP contribution is -2.56. The van der Waals surface area contributed by atoms with Crippen LogP contribution in [0.15, 0.2) is 36.4 Å². The molecule has 150 valence electrons. The van der Waals surface area contributed by atoms with Gasteiger partial charge in [-0.1, -0.05) is 57.5 Å². The summed E-state index contributed by atoms with van der Waals surface area (Å²) in [4.78, 5) is 0. The summed E-state index contributed by atoms with van der Waals surface area (Å²) >= 11 is 0. The van der Waals surface area contributed by atoms with Gasteiger partial charge in [0.15, 0.2) is 6.29 Å². The molecule has 0 bridgehead atoms. The smallest absolute Gasteiger partial charge is 0.188 e. The highest BCUT2D eigenvalue weighted by Gasteiger charge is 2.56. The second kappa shape index (κ2) is 6.47. The summed E-state index contributed by atoms with van der Waals surface area (Å²) in [6, 6.07) is 11.9. The third-order valence-electron chi connectivity index (χ3n) is 8.22. The van der Waals surface area contributed by atoms with Gasteiger partial charge in [0.25, 0.3) is 0 Å². The number of benzene rings is 2. The maximum absolute atomic E-state index is 10.6. The third kappa shape index (κ3) is 2.70. The minimum Gasteiger partial charge on any atom is -0.507 e. The number of rotatable bonds is 1. The van der Waals surface area contributed by atoms with Crippen LogP contribution in [-0.4, -0.2) is 17.8 Å². The number of fused-ring (bicyclic) bond motifs is 4. The lowest BCUT2D eigenvalue weighted by atomic mass is 9.48. The van der Waals surface area contributed by atoms with Crippen molar-refractivity contribution in [3.63, 3.8) is 0 Å². The van der Waals surface area contributed by atoms with E-state index in [-0.39, 0.29) is 17.3 Å². The zero-order valence-corrected chi connectivity index (χ0v) is 17.3. The zero-order valence-electron chi connectivity index (χ0n) is 17.3. The second-order valence-corrected chi connectivity index (χ2v) is 10.1. The first kappa shape index (κ1) is 18.4. The van der Waals surface area contributed by atoms with Crippen LogP contribution in [0.25, 0.3) is 10.8 Å². The zero-order chi connectivity index (χ0) is 19.5. The van der Waals surface area contributed by atoms with E-state index in [1.807, 2.05) is 24.3 Å². The van der Waals surface area contributed by atoms with E-state index in [9.17, 15) is 5.11 Å². The fourth-order valence-electron chi connectivity index (χ4n) is 6.82. The second-order valence-electron chi connectivity index (χ2n) is 10.1. The van der Waals surface area contributed by atoms with Gasteiger partial charge in [0.1, 0.15) is 5.75 Å². The average Bonchev–Trinajstić information content (AvgIpc) is 2.67. The monoisotopic (exact) mass is 380 g/mol. The molecule has 2 aromatic carbocycles. The van der Waals surface area contributed by atoms with Crippen molar-refractivity contribution in [1.29, 1.82) is 0 Å². The van der Waals surface area contributed by atoms with Crippen LogP contribution in [0.1, 0.15) is 64.7 Å². The summed E-state index contributed by atoms with van der Waals surface area (Å²) in [6.45, 7) is 8.12. The average molecular weight is 381 g/mol. The van der Waals surface area contributed by atoms with Crippen molar-refractivity contribution < 1.29 is 14.6 Å². The highest BCUT2D eigenvalue weighted by Crippen LogP contribution is 2.61. The molecule has 0 spiro atoms. The first-order valence-electron chi connectivity index (χ1n) is 10.9. The van der Waals surface area contributed by atoms with Crippen LogP contribution in [0.5, 0.6) is 5.75 Å². The van der Waals surface area contributed by atoms with E-state index in [2.05, 4.69) is 26.8 Å². The normalized spacial score (nSPS) is 37.2. The van der Waals surface area contributed by atoms with E-state index in [0.717, 1.165) is 35.3 Å². The van der Waals surface area contributed by atoms with Gasteiger partial charge >= 0.3 is 0 Å². The van der Waals surface area contributed by atoms with Gasteiger partial charge in [0.2, 0.25) is 0 Å². The molecule has 3 fully saturated rings. The van der Waals surface area contributed by atoms with Gasteiger partial charge in [0.05, 0.1) is 18.3 Å². The Bertz CT molecular complexity index is 888. The fraction of sp³-hybridized carbons (Fsp3) is 0.600. The number of phenolic OH excluding ortho intramolecular Hbond substituents is 1. The topological polar surface area (TPSA) is 38.7 Å². The molecule has 0 aromatic heterocycles. The lowest BCUT2D eigenvalue weighted by molar-refractivity contribution is -0.285. The van der Waals surface area contributed by atoms with Crippen LogP contribution in [0, 0.1) is 22.7 Å². The number of ether oxygens (including phenoxy) is 2. The Morgan fingerprint density at radius 3 is 2.68 bits per heavy atom. The molecule has 5 rings (SSSR count). The third-order valence-corrected chi connectivity index (χ3v) is 8.22. The highest BCUT2D eigenvalue weighted by atomic mass is 16.7. The van der Waals surface area contributed by atoms with Gasteiger partial charge in [-0.15, -0.1) is 0 Å². The highest BCUT2D eigenvalue weighted by molar-refractivity contribution is 5.87. The molecule has 2 aromatic rings. The predicted molar refractivity (Wildman–Crippen MR) is 111 cm³/mol. The first-order chi connectivity index (χ1) is 13.4. The minimum atomic E-state index is -0.482. The molecule has 28 heavy (non-hydrogen) atoms. The Hall–Kier alpha value is -1.58. The molecule has 3 heteroatoms. The Morgan fingerprint density at radius 1 is 1.00 bits per heavy atom. The molecule has 0 amide bonds. The van der Waals surface area contributed by atoms with Crippen LogP contribution in [-0.2, 0) is 9.47 Å². The quantitative estimate of drug-likeness (QED) is 0.640. The summed E-state index contributed by atoms with van der Waals surface area (Å²) in [6.07, 6.45) is 5.98. The first-order valence-corrected chi connectivity index (χ1v) is 10.9. The van der Waals surface area contributed by atoms with E-state index in [1.165, 1.54) is 25.7 Å². The molecule has 5 atom stereocenters. The largest absolute Gasteiger partial charge is 0.507 e. The van der Waals surface area contributed by atoms with E-state index < -0.39 is 6.29 Å². The molecule has 1 saturated heterocycles. The van der Waals surface area contributed by atoms with Crippen molar-refractivity contribution in [3.8, 4) is 5.75 Å². The predicted octanol–water partition coefficient (Wildman–Crippen LogP) is 6.20.